The van der Waals surface area contributed by atoms with Crippen LogP contribution in [-0.2, 0) is 23.0 Å². The van der Waals surface area contributed by atoms with Crippen LogP contribution in [-0.4, -0.2) is 24.3 Å². The van der Waals surface area contributed by atoms with E-state index in [4.69, 9.17) is 0 Å². The van der Waals surface area contributed by atoms with Gasteiger partial charge in [0.05, 0.1) is 4.90 Å². The molecular weight excluding hydrogens is 439 g/mol. The van der Waals surface area contributed by atoms with Gasteiger partial charge >= 0.3 is 0 Å². The summed E-state index contributed by atoms with van der Waals surface area (Å²) in [4.78, 5) is 15.7. The molecular formula is C26H25FN2O3S. The predicted molar refractivity (Wildman–Crippen MR) is 128 cm³/mol. The highest BCUT2D eigenvalue weighted by Crippen LogP contribution is 2.21. The number of nitrogens with one attached hydrogen (secondary N) is 1. The molecule has 0 aliphatic carbocycles. The Kier molecular flexibility index (Phi) is 6.44. The van der Waals surface area contributed by atoms with Crippen molar-refractivity contribution in [3.8, 4) is 0 Å². The first kappa shape index (κ1) is 22.9. The number of H-pyrrole nitrogens is 1. The Labute approximate surface area is 192 Å². The van der Waals surface area contributed by atoms with Crippen LogP contribution >= 0.6 is 0 Å². The number of halogens is 1. The lowest BCUT2D eigenvalue weighted by Crippen LogP contribution is -2.34. The zero-order valence-electron chi connectivity index (χ0n) is 18.5. The minimum absolute atomic E-state index is 0.0133. The summed E-state index contributed by atoms with van der Waals surface area (Å²) in [6.45, 7) is 4.05. The van der Waals surface area contributed by atoms with Crippen molar-refractivity contribution in [2.75, 3.05) is 6.54 Å². The van der Waals surface area contributed by atoms with Crippen LogP contribution in [0.5, 0.6) is 0 Å². The Balaban J connectivity index is 1.72. The summed E-state index contributed by atoms with van der Waals surface area (Å²) in [6.07, 6.45) is 0.477. The summed E-state index contributed by atoms with van der Waals surface area (Å²) >= 11 is 0. The van der Waals surface area contributed by atoms with Gasteiger partial charge in [-0.2, -0.15) is 4.31 Å². The van der Waals surface area contributed by atoms with Gasteiger partial charge in [0.1, 0.15) is 5.82 Å². The molecule has 5 nitrogen and oxygen atoms in total. The van der Waals surface area contributed by atoms with E-state index >= 15 is 0 Å². The fraction of sp³-hybridized carbons (Fsp3) is 0.192. The van der Waals surface area contributed by atoms with E-state index < -0.39 is 15.8 Å². The lowest BCUT2D eigenvalue weighted by Gasteiger charge is -2.22. The van der Waals surface area contributed by atoms with Gasteiger partial charge in [0.25, 0.3) is 5.56 Å². The maximum Gasteiger partial charge on any atom is 0.252 e. The number of aromatic nitrogens is 1. The number of hydrogen-bond donors (Lipinski definition) is 1. The third kappa shape index (κ3) is 5.05. The van der Waals surface area contributed by atoms with Gasteiger partial charge < -0.3 is 4.98 Å². The van der Waals surface area contributed by atoms with Gasteiger partial charge in [-0.25, -0.2) is 12.8 Å². The SMILES string of the molecule is Cc1cc2cc(CN(CCc3ccccc3)S(=O)(=O)c3ccc(F)cc3)c(=O)[nH]c2cc1C. The number of aromatic amines is 1. The van der Waals surface area contributed by atoms with Crippen LogP contribution in [0.2, 0.25) is 0 Å². The van der Waals surface area contributed by atoms with Crippen molar-refractivity contribution in [3.05, 3.63) is 111 Å². The Hall–Kier alpha value is -3.29. The maximum absolute atomic E-state index is 13.4. The third-order valence-corrected chi connectivity index (χ3v) is 7.69. The number of aryl methyl sites for hydroxylation is 2. The van der Waals surface area contributed by atoms with Gasteiger partial charge in [-0.15, -0.1) is 0 Å². The van der Waals surface area contributed by atoms with Gasteiger partial charge in [-0.05, 0) is 84.8 Å². The van der Waals surface area contributed by atoms with Crippen LogP contribution in [0.3, 0.4) is 0 Å². The molecule has 0 atom stereocenters. The second-order valence-electron chi connectivity index (χ2n) is 8.18. The smallest absolute Gasteiger partial charge is 0.252 e. The number of rotatable bonds is 7. The molecule has 33 heavy (non-hydrogen) atoms. The molecule has 0 aliphatic heterocycles. The summed E-state index contributed by atoms with van der Waals surface area (Å²) < 4.78 is 41.6. The molecule has 0 bridgehead atoms. The topological polar surface area (TPSA) is 70.2 Å². The van der Waals surface area contributed by atoms with Crippen molar-refractivity contribution in [3.63, 3.8) is 0 Å². The van der Waals surface area contributed by atoms with Crippen molar-refractivity contribution in [1.82, 2.24) is 9.29 Å². The average Bonchev–Trinajstić information content (AvgIpc) is 2.79. The van der Waals surface area contributed by atoms with E-state index in [-0.39, 0.29) is 23.5 Å². The molecule has 0 radical (unpaired) electrons. The minimum Gasteiger partial charge on any atom is -0.322 e. The molecule has 0 amide bonds. The summed E-state index contributed by atoms with van der Waals surface area (Å²) in [5.74, 6) is -0.513. The number of pyridine rings is 1. The highest BCUT2D eigenvalue weighted by Gasteiger charge is 2.25. The standard InChI is InChI=1S/C26H25FN2O3S/c1-18-14-21-16-22(26(30)28-25(21)15-19(18)2)17-29(13-12-20-6-4-3-5-7-20)33(31,32)24-10-8-23(27)9-11-24/h3-11,14-16H,12-13,17H2,1-2H3,(H,28,30). The second kappa shape index (κ2) is 9.29. The van der Waals surface area contributed by atoms with Crippen molar-refractivity contribution >= 4 is 20.9 Å². The number of nitrogens with zero attached hydrogens (tertiary/aromatic N) is 1. The van der Waals surface area contributed by atoms with Crippen LogP contribution in [0.4, 0.5) is 4.39 Å². The number of sulfonamides is 1. The largest absolute Gasteiger partial charge is 0.322 e. The molecule has 4 aromatic rings. The second-order valence-corrected chi connectivity index (χ2v) is 10.1. The maximum atomic E-state index is 13.4. The van der Waals surface area contributed by atoms with E-state index in [0.29, 0.717) is 17.5 Å². The molecule has 170 valence electrons. The fourth-order valence-electron chi connectivity index (χ4n) is 3.77. The van der Waals surface area contributed by atoms with E-state index in [0.717, 1.165) is 34.2 Å². The third-order valence-electron chi connectivity index (χ3n) is 5.83. The van der Waals surface area contributed by atoms with E-state index in [1.165, 1.54) is 16.4 Å². The quantitative estimate of drug-likeness (QED) is 0.430. The van der Waals surface area contributed by atoms with Crippen molar-refractivity contribution in [2.45, 2.75) is 31.7 Å². The lowest BCUT2D eigenvalue weighted by atomic mass is 10.0. The summed E-state index contributed by atoms with van der Waals surface area (Å²) in [7, 11) is -3.96. The molecule has 0 saturated carbocycles. The van der Waals surface area contributed by atoms with Crippen molar-refractivity contribution < 1.29 is 12.8 Å². The molecule has 0 fully saturated rings. The highest BCUT2D eigenvalue weighted by atomic mass is 32.2. The van der Waals surface area contributed by atoms with Crippen LogP contribution in [0, 0.1) is 19.7 Å². The fourth-order valence-corrected chi connectivity index (χ4v) is 5.19. The van der Waals surface area contributed by atoms with E-state index in [2.05, 4.69) is 4.98 Å². The van der Waals surface area contributed by atoms with Crippen LogP contribution in [0.25, 0.3) is 10.9 Å². The van der Waals surface area contributed by atoms with Gasteiger partial charge in [0.15, 0.2) is 0 Å². The van der Waals surface area contributed by atoms with Gasteiger partial charge in [0, 0.05) is 24.2 Å². The van der Waals surface area contributed by atoms with Crippen LogP contribution < -0.4 is 5.56 Å². The molecule has 0 aliphatic rings. The van der Waals surface area contributed by atoms with E-state index in [1.54, 1.807) is 6.07 Å². The number of fused-ring (bicyclic) bond motifs is 1. The first-order valence-corrected chi connectivity index (χ1v) is 12.1. The molecule has 0 saturated heterocycles. The van der Waals surface area contributed by atoms with Gasteiger partial charge in [-0.3, -0.25) is 4.79 Å². The first-order valence-electron chi connectivity index (χ1n) is 10.7. The predicted octanol–water partition coefficient (Wildman–Crippen LogP) is 4.72. The number of benzene rings is 3. The number of hydrogen-bond acceptors (Lipinski definition) is 3. The molecule has 3 aromatic carbocycles. The summed E-state index contributed by atoms with van der Waals surface area (Å²) in [5.41, 5.74) is 3.86. The monoisotopic (exact) mass is 464 g/mol. The van der Waals surface area contributed by atoms with Crippen molar-refractivity contribution in [1.29, 1.82) is 0 Å². The Bertz CT molecular complexity index is 1450. The van der Waals surface area contributed by atoms with Gasteiger partial charge in [0.2, 0.25) is 10.0 Å². The first-order chi connectivity index (χ1) is 15.7. The molecule has 7 heteroatoms. The normalized spacial score (nSPS) is 11.9. The Morgan fingerprint density at radius 1 is 0.909 bits per heavy atom. The molecule has 1 N–H and O–H groups in total. The molecule has 0 spiro atoms. The van der Waals surface area contributed by atoms with Crippen LogP contribution in [0.1, 0.15) is 22.3 Å². The summed E-state index contributed by atoms with van der Waals surface area (Å²) in [5, 5.41) is 0.842. The molecule has 4 rings (SSSR count). The Morgan fingerprint density at radius 3 is 2.27 bits per heavy atom. The molecule has 0 unspecified atom stereocenters. The van der Waals surface area contributed by atoms with E-state index in [9.17, 15) is 17.6 Å². The zero-order valence-corrected chi connectivity index (χ0v) is 19.3. The van der Waals surface area contributed by atoms with Crippen LogP contribution in [0.15, 0.2) is 82.5 Å². The Morgan fingerprint density at radius 2 is 1.58 bits per heavy atom. The molecule has 1 aromatic heterocycles. The zero-order chi connectivity index (χ0) is 23.6. The molecule has 1 heterocycles. The highest BCUT2D eigenvalue weighted by molar-refractivity contribution is 7.89. The summed E-state index contributed by atoms with van der Waals surface area (Å²) in [6, 6.07) is 19.9. The van der Waals surface area contributed by atoms with Crippen molar-refractivity contribution in [2.24, 2.45) is 0 Å². The van der Waals surface area contributed by atoms with E-state index in [1.807, 2.05) is 56.3 Å². The average molecular weight is 465 g/mol. The van der Waals surface area contributed by atoms with Gasteiger partial charge in [-0.1, -0.05) is 30.3 Å². The lowest BCUT2D eigenvalue weighted by molar-refractivity contribution is 0.408. The minimum atomic E-state index is -3.96.